The van der Waals surface area contributed by atoms with Crippen LogP contribution >= 0.6 is 0 Å². The maximum absolute atomic E-state index is 13.0. The maximum Gasteiger partial charge on any atom is 0.387 e. The summed E-state index contributed by atoms with van der Waals surface area (Å²) in [5.74, 6) is -1.24. The van der Waals surface area contributed by atoms with Gasteiger partial charge in [-0.05, 0) is 48.9 Å². The second-order valence-corrected chi connectivity index (χ2v) is 8.13. The van der Waals surface area contributed by atoms with Crippen molar-refractivity contribution < 1.29 is 31.1 Å². The molecule has 0 fully saturated rings. The predicted molar refractivity (Wildman–Crippen MR) is 92.6 cm³/mol. The van der Waals surface area contributed by atoms with Gasteiger partial charge in [-0.25, -0.2) is 12.8 Å². The lowest BCUT2D eigenvalue weighted by Gasteiger charge is -2.22. The lowest BCUT2D eigenvalue weighted by atomic mass is 10.2. The van der Waals surface area contributed by atoms with Gasteiger partial charge < -0.3 is 9.64 Å². The summed E-state index contributed by atoms with van der Waals surface area (Å²) in [6.07, 6.45) is 0. The van der Waals surface area contributed by atoms with Crippen LogP contribution in [-0.2, 0) is 21.2 Å². The summed E-state index contributed by atoms with van der Waals surface area (Å²) in [7, 11) is -2.54. The molecule has 1 amide bonds. The summed E-state index contributed by atoms with van der Waals surface area (Å²) in [6, 6.07) is 9.90. The molecule has 0 aromatic heterocycles. The van der Waals surface area contributed by atoms with Crippen molar-refractivity contribution in [2.24, 2.45) is 0 Å². The summed E-state index contributed by atoms with van der Waals surface area (Å²) >= 11 is 0. The van der Waals surface area contributed by atoms with E-state index in [2.05, 4.69) is 4.74 Å². The van der Waals surface area contributed by atoms with Crippen LogP contribution in [0.3, 0.4) is 0 Å². The molecular formula is C18H18F3NO4S. The number of nitrogens with zero attached hydrogens (tertiary/aromatic N) is 1. The Hall–Kier alpha value is -2.55. The molecule has 0 spiro atoms. The Labute approximate surface area is 155 Å². The molecule has 27 heavy (non-hydrogen) atoms. The van der Waals surface area contributed by atoms with Crippen LogP contribution in [0, 0.1) is 5.82 Å². The lowest BCUT2D eigenvalue weighted by Crippen LogP contribution is -2.38. The molecular weight excluding hydrogens is 383 g/mol. The first-order valence-electron chi connectivity index (χ1n) is 7.89. The lowest BCUT2D eigenvalue weighted by molar-refractivity contribution is -0.129. The summed E-state index contributed by atoms with van der Waals surface area (Å²) in [5, 5.41) is -1.37. The minimum atomic E-state index is -3.97. The third-order valence-corrected chi connectivity index (χ3v) is 5.96. The van der Waals surface area contributed by atoms with Gasteiger partial charge in [-0.2, -0.15) is 8.78 Å². The highest BCUT2D eigenvalue weighted by Crippen LogP contribution is 2.20. The van der Waals surface area contributed by atoms with Crippen LogP contribution < -0.4 is 4.74 Å². The fourth-order valence-corrected chi connectivity index (χ4v) is 3.77. The molecule has 0 aliphatic carbocycles. The Kier molecular flexibility index (Phi) is 6.48. The van der Waals surface area contributed by atoms with Crippen molar-refractivity contribution >= 4 is 15.7 Å². The van der Waals surface area contributed by atoms with Crippen molar-refractivity contribution in [3.63, 3.8) is 0 Å². The molecule has 2 aromatic rings. The van der Waals surface area contributed by atoms with Gasteiger partial charge in [-0.15, -0.1) is 0 Å². The molecule has 0 aliphatic heterocycles. The highest BCUT2D eigenvalue weighted by atomic mass is 32.2. The van der Waals surface area contributed by atoms with E-state index in [1.54, 1.807) is 0 Å². The van der Waals surface area contributed by atoms with E-state index in [1.165, 1.54) is 43.1 Å². The molecule has 0 N–H and O–H groups in total. The summed E-state index contributed by atoms with van der Waals surface area (Å²) in [5.41, 5.74) is 0.610. The van der Waals surface area contributed by atoms with Gasteiger partial charge in [0.15, 0.2) is 9.84 Å². The van der Waals surface area contributed by atoms with Crippen molar-refractivity contribution in [3.05, 3.63) is 59.9 Å². The van der Waals surface area contributed by atoms with E-state index in [9.17, 15) is 26.4 Å². The number of carbonyl (C=O) groups excluding carboxylic acids is 1. The van der Waals surface area contributed by atoms with Crippen molar-refractivity contribution in [2.45, 2.75) is 30.2 Å². The number of rotatable bonds is 7. The largest absolute Gasteiger partial charge is 0.435 e. The SMILES string of the molecule is CC(C(=O)N(C)Cc1ccc(OC(F)F)cc1)S(=O)(=O)c1ccc(F)cc1. The monoisotopic (exact) mass is 401 g/mol. The van der Waals surface area contributed by atoms with Crippen LogP contribution in [0.15, 0.2) is 53.4 Å². The molecule has 2 aromatic carbocycles. The number of ether oxygens (including phenoxy) is 1. The Morgan fingerprint density at radius 1 is 1.07 bits per heavy atom. The molecule has 9 heteroatoms. The number of amides is 1. The number of hydrogen-bond acceptors (Lipinski definition) is 4. The van der Waals surface area contributed by atoms with Gasteiger partial charge in [-0.3, -0.25) is 4.79 Å². The van der Waals surface area contributed by atoms with E-state index >= 15 is 0 Å². The highest BCUT2D eigenvalue weighted by Gasteiger charge is 2.31. The van der Waals surface area contributed by atoms with E-state index in [1.807, 2.05) is 0 Å². The van der Waals surface area contributed by atoms with E-state index in [4.69, 9.17) is 0 Å². The number of hydrogen-bond donors (Lipinski definition) is 0. The van der Waals surface area contributed by atoms with Crippen molar-refractivity contribution in [3.8, 4) is 5.75 Å². The first-order valence-corrected chi connectivity index (χ1v) is 9.44. The molecule has 1 unspecified atom stereocenters. The highest BCUT2D eigenvalue weighted by molar-refractivity contribution is 7.92. The topological polar surface area (TPSA) is 63.7 Å². The number of benzene rings is 2. The molecule has 0 saturated heterocycles. The number of sulfone groups is 1. The average Bonchev–Trinajstić information content (AvgIpc) is 2.62. The van der Waals surface area contributed by atoms with Gasteiger partial charge in [0.1, 0.15) is 16.8 Å². The third kappa shape index (κ3) is 5.22. The molecule has 2 rings (SSSR count). The molecule has 0 aliphatic rings. The van der Waals surface area contributed by atoms with Crippen LogP contribution in [0.5, 0.6) is 5.75 Å². The Balaban J connectivity index is 2.08. The number of halogens is 3. The van der Waals surface area contributed by atoms with E-state index in [0.717, 1.165) is 24.3 Å². The normalized spacial score (nSPS) is 12.7. The molecule has 0 radical (unpaired) electrons. The van der Waals surface area contributed by atoms with Crippen molar-refractivity contribution in [1.29, 1.82) is 0 Å². The van der Waals surface area contributed by atoms with Gasteiger partial charge in [0.25, 0.3) is 0 Å². The van der Waals surface area contributed by atoms with Gasteiger partial charge in [-0.1, -0.05) is 12.1 Å². The fraction of sp³-hybridized carbons (Fsp3) is 0.278. The van der Waals surface area contributed by atoms with Crippen molar-refractivity contribution in [1.82, 2.24) is 4.90 Å². The number of carbonyl (C=O) groups is 1. The van der Waals surface area contributed by atoms with E-state index in [0.29, 0.717) is 5.56 Å². The first-order chi connectivity index (χ1) is 12.6. The number of alkyl halides is 2. The van der Waals surface area contributed by atoms with Gasteiger partial charge >= 0.3 is 6.61 Å². The standard InChI is InChI=1S/C18H18F3NO4S/c1-12(27(24,25)16-9-5-14(19)6-10-16)17(23)22(2)11-13-3-7-15(8-4-13)26-18(20)21/h3-10,12,18H,11H2,1-2H3. The van der Waals surface area contributed by atoms with Crippen LogP contribution in [0.25, 0.3) is 0 Å². The smallest absolute Gasteiger partial charge is 0.387 e. The van der Waals surface area contributed by atoms with E-state index in [-0.39, 0.29) is 17.2 Å². The van der Waals surface area contributed by atoms with Gasteiger partial charge in [0.2, 0.25) is 5.91 Å². The Morgan fingerprint density at radius 2 is 1.63 bits per heavy atom. The zero-order valence-electron chi connectivity index (χ0n) is 14.6. The van der Waals surface area contributed by atoms with Gasteiger partial charge in [0.05, 0.1) is 4.90 Å². The predicted octanol–water partition coefficient (Wildman–Crippen LogP) is 3.25. The summed E-state index contributed by atoms with van der Waals surface area (Å²) in [4.78, 5) is 13.6. The van der Waals surface area contributed by atoms with Gasteiger partial charge in [0, 0.05) is 13.6 Å². The molecule has 1 atom stereocenters. The van der Waals surface area contributed by atoms with Crippen LogP contribution in [0.2, 0.25) is 0 Å². The van der Waals surface area contributed by atoms with Crippen molar-refractivity contribution in [2.75, 3.05) is 7.05 Å². The Morgan fingerprint density at radius 3 is 2.15 bits per heavy atom. The quantitative estimate of drug-likeness (QED) is 0.668. The van der Waals surface area contributed by atoms with E-state index < -0.39 is 33.4 Å². The second-order valence-electron chi connectivity index (χ2n) is 5.86. The second kappa shape index (κ2) is 8.43. The zero-order valence-corrected chi connectivity index (χ0v) is 15.4. The molecule has 0 saturated carbocycles. The third-order valence-electron chi connectivity index (χ3n) is 3.90. The first kappa shape index (κ1) is 20.8. The molecule has 0 bridgehead atoms. The minimum absolute atomic E-state index is 0.0185. The Bertz CT molecular complexity index is 884. The summed E-state index contributed by atoms with van der Waals surface area (Å²) in [6.45, 7) is -1.59. The average molecular weight is 401 g/mol. The minimum Gasteiger partial charge on any atom is -0.435 e. The van der Waals surface area contributed by atoms with Crippen LogP contribution in [-0.4, -0.2) is 38.1 Å². The maximum atomic E-state index is 13.0. The fourth-order valence-electron chi connectivity index (χ4n) is 2.40. The summed E-state index contributed by atoms with van der Waals surface area (Å²) < 4.78 is 66.6. The zero-order chi connectivity index (χ0) is 20.2. The van der Waals surface area contributed by atoms with Crippen LogP contribution in [0.4, 0.5) is 13.2 Å². The molecule has 0 heterocycles. The molecule has 146 valence electrons. The molecule has 5 nitrogen and oxygen atoms in total. The van der Waals surface area contributed by atoms with Crippen LogP contribution in [0.1, 0.15) is 12.5 Å².